The van der Waals surface area contributed by atoms with Crippen molar-refractivity contribution in [3.05, 3.63) is 0 Å². The third kappa shape index (κ3) is 4.38. The van der Waals surface area contributed by atoms with Crippen molar-refractivity contribution in [2.24, 2.45) is 5.92 Å². The zero-order chi connectivity index (χ0) is 8.27. The van der Waals surface area contributed by atoms with Gasteiger partial charge < -0.3 is 9.84 Å². The summed E-state index contributed by atoms with van der Waals surface area (Å²) in [5, 5.41) is 9.38. The monoisotopic (exact) mass is 158 g/mol. The fourth-order valence-electron chi connectivity index (χ4n) is 1.11. The van der Waals surface area contributed by atoms with Gasteiger partial charge in [0.2, 0.25) is 0 Å². The average Bonchev–Trinajstić information content (AvgIpc) is 2.67. The third-order valence-electron chi connectivity index (χ3n) is 1.92. The topological polar surface area (TPSA) is 29.5 Å². The maximum atomic E-state index is 9.38. The minimum Gasteiger partial charge on any atom is -0.391 e. The van der Waals surface area contributed by atoms with E-state index in [-0.39, 0.29) is 12.2 Å². The predicted octanol–water partition coefficient (Wildman–Crippen LogP) is 1.57. The van der Waals surface area contributed by atoms with E-state index in [4.69, 9.17) is 4.74 Å². The molecule has 1 aliphatic rings. The minimum atomic E-state index is -0.232. The molecule has 0 amide bonds. The van der Waals surface area contributed by atoms with E-state index in [1.807, 2.05) is 13.8 Å². The van der Waals surface area contributed by atoms with E-state index in [2.05, 4.69) is 0 Å². The Labute approximate surface area is 68.6 Å². The molecule has 0 spiro atoms. The van der Waals surface area contributed by atoms with Crippen LogP contribution in [0.15, 0.2) is 0 Å². The summed E-state index contributed by atoms with van der Waals surface area (Å²) in [7, 11) is 0. The molecule has 0 aromatic carbocycles. The number of ether oxygens (including phenoxy) is 1. The lowest BCUT2D eigenvalue weighted by molar-refractivity contribution is 0.000594. The molecule has 0 bridgehead atoms. The van der Waals surface area contributed by atoms with Crippen molar-refractivity contribution in [1.29, 1.82) is 0 Å². The maximum absolute atomic E-state index is 9.38. The van der Waals surface area contributed by atoms with Crippen LogP contribution in [0.25, 0.3) is 0 Å². The van der Waals surface area contributed by atoms with E-state index in [0.29, 0.717) is 6.61 Å². The fraction of sp³-hybridized carbons (Fsp3) is 1.00. The van der Waals surface area contributed by atoms with Crippen molar-refractivity contribution in [1.82, 2.24) is 0 Å². The van der Waals surface area contributed by atoms with Crippen molar-refractivity contribution in [3.8, 4) is 0 Å². The molecule has 11 heavy (non-hydrogen) atoms. The van der Waals surface area contributed by atoms with Gasteiger partial charge in [0, 0.05) is 0 Å². The first kappa shape index (κ1) is 9.01. The van der Waals surface area contributed by atoms with Crippen LogP contribution in [0, 0.1) is 5.92 Å². The second-order valence-electron chi connectivity index (χ2n) is 3.71. The highest BCUT2D eigenvalue weighted by Crippen LogP contribution is 2.33. The first-order valence-corrected chi connectivity index (χ1v) is 4.48. The van der Waals surface area contributed by atoms with Crippen LogP contribution in [0.5, 0.6) is 0 Å². The predicted molar refractivity (Wildman–Crippen MR) is 44.4 cm³/mol. The van der Waals surface area contributed by atoms with Gasteiger partial charge in [-0.05, 0) is 26.2 Å². The summed E-state index contributed by atoms with van der Waals surface area (Å²) >= 11 is 0. The molecule has 2 heteroatoms. The van der Waals surface area contributed by atoms with E-state index in [0.717, 1.165) is 12.3 Å². The summed E-state index contributed by atoms with van der Waals surface area (Å²) in [6, 6.07) is 0. The summed E-state index contributed by atoms with van der Waals surface area (Å²) in [6.07, 6.45) is 3.55. The van der Waals surface area contributed by atoms with Gasteiger partial charge in [0.05, 0.1) is 18.8 Å². The number of rotatable bonds is 5. The fourth-order valence-corrected chi connectivity index (χ4v) is 1.11. The molecule has 0 aromatic rings. The molecule has 1 unspecified atom stereocenters. The van der Waals surface area contributed by atoms with E-state index in [9.17, 15) is 5.11 Å². The molecule has 1 saturated carbocycles. The van der Waals surface area contributed by atoms with Gasteiger partial charge in [0.15, 0.2) is 0 Å². The van der Waals surface area contributed by atoms with Gasteiger partial charge in [-0.1, -0.05) is 12.8 Å². The lowest BCUT2D eigenvalue weighted by Gasteiger charge is -2.12. The molecular weight excluding hydrogens is 140 g/mol. The number of aliphatic hydroxyl groups is 1. The molecule has 0 aromatic heterocycles. The molecule has 1 N–H and O–H groups in total. The van der Waals surface area contributed by atoms with Gasteiger partial charge in [-0.15, -0.1) is 0 Å². The van der Waals surface area contributed by atoms with E-state index < -0.39 is 0 Å². The third-order valence-corrected chi connectivity index (χ3v) is 1.92. The lowest BCUT2D eigenvalue weighted by Crippen LogP contribution is -2.18. The standard InChI is InChI=1S/C9H18O2/c1-7(2)11-6-9(10)5-8-3-4-8/h7-10H,3-6H2,1-2H3. The Hall–Kier alpha value is -0.0800. The molecule has 66 valence electrons. The van der Waals surface area contributed by atoms with Crippen LogP contribution in [0.1, 0.15) is 33.1 Å². The molecule has 0 heterocycles. The zero-order valence-electron chi connectivity index (χ0n) is 7.42. The Kier molecular flexibility index (Phi) is 3.34. The second kappa shape index (κ2) is 4.07. The largest absolute Gasteiger partial charge is 0.391 e. The first-order valence-electron chi connectivity index (χ1n) is 4.48. The van der Waals surface area contributed by atoms with E-state index in [1.54, 1.807) is 0 Å². The Morgan fingerprint density at radius 3 is 2.55 bits per heavy atom. The molecule has 1 rings (SSSR count). The first-order chi connectivity index (χ1) is 5.18. The highest BCUT2D eigenvalue weighted by molar-refractivity contribution is 4.76. The van der Waals surface area contributed by atoms with Crippen LogP contribution in [0.4, 0.5) is 0 Å². The second-order valence-corrected chi connectivity index (χ2v) is 3.71. The van der Waals surface area contributed by atoms with E-state index in [1.165, 1.54) is 12.8 Å². The number of hydrogen-bond acceptors (Lipinski definition) is 2. The van der Waals surface area contributed by atoms with Crippen molar-refractivity contribution in [3.63, 3.8) is 0 Å². The van der Waals surface area contributed by atoms with Crippen molar-refractivity contribution in [2.75, 3.05) is 6.61 Å². The van der Waals surface area contributed by atoms with Gasteiger partial charge >= 0.3 is 0 Å². The Balaban J connectivity index is 1.95. The quantitative estimate of drug-likeness (QED) is 0.658. The van der Waals surface area contributed by atoms with Gasteiger partial charge in [-0.2, -0.15) is 0 Å². The summed E-state index contributed by atoms with van der Waals surface area (Å²) < 4.78 is 5.28. The molecular formula is C9H18O2. The SMILES string of the molecule is CC(C)OCC(O)CC1CC1. The molecule has 0 radical (unpaired) electrons. The van der Waals surface area contributed by atoms with Crippen LogP contribution >= 0.6 is 0 Å². The van der Waals surface area contributed by atoms with Crippen LogP contribution < -0.4 is 0 Å². The molecule has 2 nitrogen and oxygen atoms in total. The summed E-state index contributed by atoms with van der Waals surface area (Å²) in [4.78, 5) is 0. The maximum Gasteiger partial charge on any atom is 0.0776 e. The van der Waals surface area contributed by atoms with E-state index >= 15 is 0 Å². The minimum absolute atomic E-state index is 0.232. The van der Waals surface area contributed by atoms with Gasteiger partial charge in [0.25, 0.3) is 0 Å². The average molecular weight is 158 g/mol. The Bertz CT molecular complexity index is 108. The Morgan fingerprint density at radius 1 is 1.45 bits per heavy atom. The highest BCUT2D eigenvalue weighted by atomic mass is 16.5. The normalized spacial score (nSPS) is 20.7. The molecule has 1 atom stereocenters. The number of hydrogen-bond donors (Lipinski definition) is 1. The van der Waals surface area contributed by atoms with Crippen LogP contribution in [0.2, 0.25) is 0 Å². The molecule has 1 fully saturated rings. The van der Waals surface area contributed by atoms with Crippen molar-refractivity contribution in [2.45, 2.75) is 45.3 Å². The molecule has 0 aliphatic heterocycles. The summed E-state index contributed by atoms with van der Waals surface area (Å²) in [5.41, 5.74) is 0. The van der Waals surface area contributed by atoms with Crippen LogP contribution in [0.3, 0.4) is 0 Å². The van der Waals surface area contributed by atoms with Crippen molar-refractivity contribution < 1.29 is 9.84 Å². The molecule has 0 saturated heterocycles. The highest BCUT2D eigenvalue weighted by Gasteiger charge is 2.24. The van der Waals surface area contributed by atoms with Gasteiger partial charge in [-0.3, -0.25) is 0 Å². The number of aliphatic hydroxyl groups excluding tert-OH is 1. The Morgan fingerprint density at radius 2 is 2.09 bits per heavy atom. The van der Waals surface area contributed by atoms with Crippen molar-refractivity contribution >= 4 is 0 Å². The summed E-state index contributed by atoms with van der Waals surface area (Å²) in [6.45, 7) is 4.49. The smallest absolute Gasteiger partial charge is 0.0776 e. The van der Waals surface area contributed by atoms with Crippen LogP contribution in [-0.4, -0.2) is 23.9 Å². The molecule has 1 aliphatic carbocycles. The van der Waals surface area contributed by atoms with Gasteiger partial charge in [0.1, 0.15) is 0 Å². The zero-order valence-corrected chi connectivity index (χ0v) is 7.42. The van der Waals surface area contributed by atoms with Gasteiger partial charge in [-0.25, -0.2) is 0 Å². The summed E-state index contributed by atoms with van der Waals surface area (Å²) in [5.74, 6) is 0.792. The lowest BCUT2D eigenvalue weighted by atomic mass is 10.2. The van der Waals surface area contributed by atoms with Crippen LogP contribution in [-0.2, 0) is 4.74 Å².